The van der Waals surface area contributed by atoms with Crippen LogP contribution in [0.4, 0.5) is 5.88 Å². The molecular weight excluding hydrogens is 600 g/mol. The van der Waals surface area contributed by atoms with Gasteiger partial charge in [0.25, 0.3) is 0 Å². The molecule has 0 saturated carbocycles. The minimum atomic E-state index is 0.229. The summed E-state index contributed by atoms with van der Waals surface area (Å²) in [6, 6.07) is 29.6. The Morgan fingerprint density at radius 3 is 2.24 bits per heavy atom. The number of furan rings is 1. The predicted molar refractivity (Wildman–Crippen MR) is 168 cm³/mol. The van der Waals surface area contributed by atoms with Crippen molar-refractivity contribution in [1.82, 2.24) is 0 Å². The number of benzene rings is 4. The van der Waals surface area contributed by atoms with Gasteiger partial charge in [0.15, 0.2) is 11.5 Å². The van der Waals surface area contributed by atoms with Gasteiger partial charge >= 0.3 is 0 Å². The zero-order chi connectivity index (χ0) is 28.9. The van der Waals surface area contributed by atoms with E-state index in [0.29, 0.717) is 37.9 Å². The van der Waals surface area contributed by atoms with Crippen molar-refractivity contribution in [3.05, 3.63) is 122 Å². The smallest absolute Gasteiger partial charge is 0.238 e. The summed E-state index contributed by atoms with van der Waals surface area (Å²) in [5.74, 6) is 1.89. The van der Waals surface area contributed by atoms with E-state index in [2.05, 4.69) is 27.0 Å². The Balaban J connectivity index is 1.52. The Morgan fingerprint density at radius 1 is 0.951 bits per heavy atom. The zero-order valence-corrected chi connectivity index (χ0v) is 25.1. The van der Waals surface area contributed by atoms with Crippen LogP contribution in [0.5, 0.6) is 11.5 Å². The highest BCUT2D eigenvalue weighted by Gasteiger charge is 2.23. The fourth-order valence-corrected chi connectivity index (χ4v) is 5.14. The van der Waals surface area contributed by atoms with Crippen LogP contribution >= 0.6 is 27.5 Å². The van der Waals surface area contributed by atoms with Crippen molar-refractivity contribution in [2.24, 2.45) is 4.99 Å². The van der Waals surface area contributed by atoms with Gasteiger partial charge in [-0.05, 0) is 59.1 Å². The first-order chi connectivity index (χ1) is 19.9. The van der Waals surface area contributed by atoms with E-state index in [1.165, 1.54) is 0 Å². The summed E-state index contributed by atoms with van der Waals surface area (Å²) in [5, 5.41) is 10.8. The largest absolute Gasteiger partial charge is 0.493 e. The van der Waals surface area contributed by atoms with Crippen molar-refractivity contribution in [1.29, 1.82) is 5.26 Å². The van der Waals surface area contributed by atoms with Crippen LogP contribution in [-0.4, -0.2) is 13.3 Å². The van der Waals surface area contributed by atoms with Gasteiger partial charge in [0.2, 0.25) is 5.88 Å². The zero-order valence-electron chi connectivity index (χ0n) is 22.7. The highest BCUT2D eigenvalue weighted by Crippen LogP contribution is 2.43. The summed E-state index contributed by atoms with van der Waals surface area (Å²) < 4.78 is 18.6. The van der Waals surface area contributed by atoms with Crippen LogP contribution in [0.25, 0.3) is 22.5 Å². The molecule has 0 fully saturated rings. The highest BCUT2D eigenvalue weighted by atomic mass is 79.9. The molecule has 0 atom stereocenters. The number of aliphatic imine (C=N–C) groups is 1. The van der Waals surface area contributed by atoms with Gasteiger partial charge in [-0.15, -0.1) is 0 Å². The van der Waals surface area contributed by atoms with E-state index in [4.69, 9.17) is 25.5 Å². The van der Waals surface area contributed by atoms with Gasteiger partial charge in [0.1, 0.15) is 24.0 Å². The van der Waals surface area contributed by atoms with Gasteiger partial charge in [0.05, 0.1) is 11.6 Å². The standard InChI is InChI=1S/C34H26BrClN2O3/c1-21-8-12-24(13-9-21)31-27(18-37)34(41-32(31)25-14-10-22(2)11-15-25)38-19-23-16-28(35)33(30(17-23)39-3)40-20-26-6-4-5-7-29(26)36/h4-17,19H,20H2,1-3H3. The van der Waals surface area contributed by atoms with Gasteiger partial charge in [-0.3, -0.25) is 0 Å². The van der Waals surface area contributed by atoms with Crippen LogP contribution in [0.2, 0.25) is 5.02 Å². The highest BCUT2D eigenvalue weighted by molar-refractivity contribution is 9.10. The van der Waals surface area contributed by atoms with E-state index in [1.54, 1.807) is 13.3 Å². The summed E-state index contributed by atoms with van der Waals surface area (Å²) in [7, 11) is 1.58. The Morgan fingerprint density at radius 2 is 1.61 bits per heavy atom. The van der Waals surface area contributed by atoms with E-state index in [9.17, 15) is 5.26 Å². The van der Waals surface area contributed by atoms with E-state index in [0.717, 1.165) is 33.4 Å². The number of hydrogen-bond donors (Lipinski definition) is 0. The molecule has 5 nitrogen and oxygen atoms in total. The molecule has 0 aliphatic rings. The van der Waals surface area contributed by atoms with Gasteiger partial charge in [-0.1, -0.05) is 89.5 Å². The Hall–Kier alpha value is -4.31. The lowest BCUT2D eigenvalue weighted by atomic mass is 9.97. The maximum atomic E-state index is 10.2. The number of aryl methyl sites for hydroxylation is 2. The third-order valence-corrected chi connectivity index (χ3v) is 7.53. The molecule has 5 rings (SSSR count). The lowest BCUT2D eigenvalue weighted by Gasteiger charge is -2.14. The number of methoxy groups -OCH3 is 1. The lowest BCUT2D eigenvalue weighted by Crippen LogP contribution is -2.00. The summed E-state index contributed by atoms with van der Waals surface area (Å²) in [5.41, 5.74) is 6.69. The molecule has 1 aromatic heterocycles. The van der Waals surface area contributed by atoms with Crippen molar-refractivity contribution in [2.45, 2.75) is 20.5 Å². The third kappa shape index (κ3) is 6.22. The molecule has 0 N–H and O–H groups in total. The van der Waals surface area contributed by atoms with E-state index >= 15 is 0 Å². The average molecular weight is 626 g/mol. The first-order valence-electron chi connectivity index (χ1n) is 12.9. The second-order valence-corrected chi connectivity index (χ2v) is 10.8. The fourth-order valence-electron chi connectivity index (χ4n) is 4.37. The first kappa shape index (κ1) is 28.2. The van der Waals surface area contributed by atoms with Crippen molar-refractivity contribution in [2.75, 3.05) is 7.11 Å². The number of ether oxygens (including phenoxy) is 2. The predicted octanol–water partition coefficient (Wildman–Crippen LogP) is 9.86. The maximum absolute atomic E-state index is 10.2. The van der Waals surface area contributed by atoms with Gasteiger partial charge in [-0.25, -0.2) is 4.99 Å². The topological polar surface area (TPSA) is 67.8 Å². The van der Waals surface area contributed by atoms with E-state index < -0.39 is 0 Å². The molecular formula is C34H26BrClN2O3. The number of rotatable bonds is 8. The van der Waals surface area contributed by atoms with Crippen LogP contribution in [0.15, 0.2) is 98.8 Å². The molecule has 7 heteroatoms. The maximum Gasteiger partial charge on any atom is 0.238 e. The summed E-state index contributed by atoms with van der Waals surface area (Å²) in [4.78, 5) is 4.62. The lowest BCUT2D eigenvalue weighted by molar-refractivity contribution is 0.282. The minimum absolute atomic E-state index is 0.229. The summed E-state index contributed by atoms with van der Waals surface area (Å²) >= 11 is 9.88. The Bertz CT molecular complexity index is 1770. The number of halogens is 2. The number of nitrogens with zero attached hydrogens (tertiary/aromatic N) is 2. The quantitative estimate of drug-likeness (QED) is 0.161. The van der Waals surface area contributed by atoms with Crippen molar-refractivity contribution in [3.63, 3.8) is 0 Å². The van der Waals surface area contributed by atoms with E-state index in [1.807, 2.05) is 98.8 Å². The molecule has 0 radical (unpaired) electrons. The second kappa shape index (κ2) is 12.5. The monoisotopic (exact) mass is 624 g/mol. The summed E-state index contributed by atoms with van der Waals surface area (Å²) in [6.45, 7) is 4.34. The Labute approximate surface area is 252 Å². The molecule has 0 bridgehead atoms. The average Bonchev–Trinajstić information content (AvgIpc) is 3.35. The first-order valence-corrected chi connectivity index (χ1v) is 14.0. The molecule has 0 aliphatic carbocycles. The van der Waals surface area contributed by atoms with Crippen LogP contribution in [-0.2, 0) is 6.61 Å². The molecule has 0 aliphatic heterocycles. The second-order valence-electron chi connectivity index (χ2n) is 9.50. The third-order valence-electron chi connectivity index (χ3n) is 6.57. The molecule has 204 valence electrons. The molecule has 0 spiro atoms. The van der Waals surface area contributed by atoms with Gasteiger partial charge in [0, 0.05) is 27.9 Å². The van der Waals surface area contributed by atoms with E-state index in [-0.39, 0.29) is 12.5 Å². The molecule has 0 unspecified atom stereocenters. The minimum Gasteiger partial charge on any atom is -0.493 e. The Kier molecular flexibility index (Phi) is 8.58. The van der Waals surface area contributed by atoms with Crippen molar-refractivity contribution >= 4 is 39.6 Å². The van der Waals surface area contributed by atoms with Crippen LogP contribution in [0.1, 0.15) is 27.8 Å². The SMILES string of the molecule is COc1cc(C=Nc2oc(-c3ccc(C)cc3)c(-c3ccc(C)cc3)c2C#N)cc(Br)c1OCc1ccccc1Cl. The summed E-state index contributed by atoms with van der Waals surface area (Å²) in [6.07, 6.45) is 1.64. The van der Waals surface area contributed by atoms with Gasteiger partial charge < -0.3 is 13.9 Å². The molecule has 41 heavy (non-hydrogen) atoms. The van der Waals surface area contributed by atoms with Gasteiger partial charge in [-0.2, -0.15) is 5.26 Å². The van der Waals surface area contributed by atoms with Crippen LogP contribution in [0, 0.1) is 25.2 Å². The molecule has 0 saturated heterocycles. The number of nitriles is 1. The van der Waals surface area contributed by atoms with Crippen LogP contribution in [0.3, 0.4) is 0 Å². The fraction of sp³-hybridized carbons (Fsp3) is 0.118. The van der Waals surface area contributed by atoms with Crippen LogP contribution < -0.4 is 9.47 Å². The number of hydrogen-bond acceptors (Lipinski definition) is 5. The van der Waals surface area contributed by atoms with Crippen molar-refractivity contribution in [3.8, 4) is 40.0 Å². The van der Waals surface area contributed by atoms with Crippen molar-refractivity contribution < 1.29 is 13.9 Å². The normalized spacial score (nSPS) is 11.0. The molecule has 1 heterocycles. The molecule has 4 aromatic carbocycles. The molecule has 5 aromatic rings. The molecule has 0 amide bonds.